The summed E-state index contributed by atoms with van der Waals surface area (Å²) in [7, 11) is 0. The van der Waals surface area contributed by atoms with Crippen LogP contribution in [0.5, 0.6) is 0 Å². The Balaban J connectivity index is 0. The predicted octanol–water partition coefficient (Wildman–Crippen LogP) is 6.97. The molecule has 0 atom stereocenters. The minimum absolute atomic E-state index is 0. The average molecular weight is 330 g/mol. The molecule has 23 heavy (non-hydrogen) atoms. The van der Waals surface area contributed by atoms with Crippen LogP contribution in [0.3, 0.4) is 0 Å². The van der Waals surface area contributed by atoms with Crippen molar-refractivity contribution in [3.05, 3.63) is 0 Å². The first-order valence-corrected chi connectivity index (χ1v) is 9.90. The van der Waals surface area contributed by atoms with Crippen molar-refractivity contribution >= 4 is 5.97 Å². The van der Waals surface area contributed by atoms with Crippen LogP contribution in [-0.4, -0.2) is 12.6 Å². The van der Waals surface area contributed by atoms with Crippen molar-refractivity contribution in [3.63, 3.8) is 0 Å². The molecular formula is C20H43NO2. The molecule has 3 N–H and O–H groups in total. The van der Waals surface area contributed by atoms with E-state index in [1.807, 2.05) is 0 Å². The monoisotopic (exact) mass is 329 g/mol. The molecule has 0 amide bonds. The van der Waals surface area contributed by atoms with E-state index in [0.29, 0.717) is 6.61 Å². The second-order valence-corrected chi connectivity index (χ2v) is 6.64. The van der Waals surface area contributed by atoms with Gasteiger partial charge in [-0.1, -0.05) is 103 Å². The van der Waals surface area contributed by atoms with E-state index >= 15 is 0 Å². The van der Waals surface area contributed by atoms with Gasteiger partial charge in [-0.2, -0.15) is 0 Å². The van der Waals surface area contributed by atoms with Crippen LogP contribution in [0.4, 0.5) is 0 Å². The molecule has 0 spiro atoms. The van der Waals surface area contributed by atoms with Crippen LogP contribution >= 0.6 is 0 Å². The predicted molar refractivity (Wildman–Crippen MR) is 101 cm³/mol. The Bertz CT molecular complexity index is 232. The van der Waals surface area contributed by atoms with Crippen molar-refractivity contribution in [2.75, 3.05) is 6.61 Å². The summed E-state index contributed by atoms with van der Waals surface area (Å²) < 4.78 is 4.92. The molecule has 0 saturated carbocycles. The Hall–Kier alpha value is -0.570. The van der Waals surface area contributed by atoms with Gasteiger partial charge in [-0.15, -0.1) is 0 Å². The number of esters is 1. The SMILES string of the molecule is CCCCCCCCCCCCCCCCCCOC(C)=O.N. The van der Waals surface area contributed by atoms with Gasteiger partial charge in [0, 0.05) is 6.92 Å². The van der Waals surface area contributed by atoms with Crippen LogP contribution in [0, 0.1) is 0 Å². The van der Waals surface area contributed by atoms with E-state index in [-0.39, 0.29) is 12.1 Å². The number of rotatable bonds is 17. The number of carbonyl (C=O) groups excluding carboxylic acids is 1. The molecule has 0 saturated heterocycles. The minimum atomic E-state index is -0.152. The van der Waals surface area contributed by atoms with E-state index in [9.17, 15) is 4.79 Å². The highest BCUT2D eigenvalue weighted by Gasteiger charge is 1.95. The highest BCUT2D eigenvalue weighted by atomic mass is 16.5. The van der Waals surface area contributed by atoms with Crippen LogP contribution < -0.4 is 6.15 Å². The van der Waals surface area contributed by atoms with Gasteiger partial charge < -0.3 is 10.9 Å². The third-order valence-electron chi connectivity index (χ3n) is 4.30. The Labute approximate surface area is 145 Å². The first kappa shape index (κ1) is 24.7. The summed E-state index contributed by atoms with van der Waals surface area (Å²) in [5.41, 5.74) is 0. The molecule has 3 nitrogen and oxygen atoms in total. The Morgan fingerprint density at radius 1 is 0.609 bits per heavy atom. The van der Waals surface area contributed by atoms with Crippen LogP contribution in [0.25, 0.3) is 0 Å². The lowest BCUT2D eigenvalue weighted by Gasteiger charge is -2.04. The molecule has 0 aliphatic rings. The highest BCUT2D eigenvalue weighted by molar-refractivity contribution is 5.65. The van der Waals surface area contributed by atoms with E-state index in [4.69, 9.17) is 4.74 Å². The summed E-state index contributed by atoms with van der Waals surface area (Å²) in [6.07, 6.45) is 22.0. The van der Waals surface area contributed by atoms with Gasteiger partial charge in [0.05, 0.1) is 6.61 Å². The minimum Gasteiger partial charge on any atom is -0.466 e. The fourth-order valence-electron chi connectivity index (χ4n) is 2.87. The maximum absolute atomic E-state index is 10.6. The summed E-state index contributed by atoms with van der Waals surface area (Å²) in [5, 5.41) is 0. The van der Waals surface area contributed by atoms with Gasteiger partial charge in [0.15, 0.2) is 0 Å². The molecule has 3 heteroatoms. The summed E-state index contributed by atoms with van der Waals surface area (Å²) in [6.45, 7) is 4.36. The molecule has 0 aliphatic heterocycles. The number of carbonyl (C=O) groups is 1. The second-order valence-electron chi connectivity index (χ2n) is 6.64. The first-order valence-electron chi connectivity index (χ1n) is 9.90. The zero-order chi connectivity index (χ0) is 16.3. The molecule has 0 unspecified atom stereocenters. The Morgan fingerprint density at radius 3 is 1.22 bits per heavy atom. The fraction of sp³-hybridized carbons (Fsp3) is 0.950. The third kappa shape index (κ3) is 23.8. The molecule has 0 bridgehead atoms. The fourth-order valence-corrected chi connectivity index (χ4v) is 2.87. The van der Waals surface area contributed by atoms with E-state index in [1.54, 1.807) is 0 Å². The van der Waals surface area contributed by atoms with Crippen LogP contribution in [-0.2, 0) is 9.53 Å². The lowest BCUT2D eigenvalue weighted by Crippen LogP contribution is -2.00. The standard InChI is InChI=1S/C20H40O2.H3N/c1-3-4-5-6-7-8-9-10-11-12-13-14-15-16-17-18-19-22-20(2)21;/h3-19H2,1-2H3;1H3. The molecule has 140 valence electrons. The van der Waals surface area contributed by atoms with Crippen molar-refractivity contribution in [1.29, 1.82) is 0 Å². The van der Waals surface area contributed by atoms with Crippen LogP contribution in [0.2, 0.25) is 0 Å². The molecule has 0 aromatic rings. The van der Waals surface area contributed by atoms with E-state index in [2.05, 4.69) is 6.92 Å². The quantitative estimate of drug-likeness (QED) is 0.231. The smallest absolute Gasteiger partial charge is 0.302 e. The topological polar surface area (TPSA) is 61.3 Å². The average Bonchev–Trinajstić information content (AvgIpc) is 2.50. The van der Waals surface area contributed by atoms with Crippen molar-refractivity contribution in [1.82, 2.24) is 6.15 Å². The van der Waals surface area contributed by atoms with E-state index in [1.165, 1.54) is 103 Å². The van der Waals surface area contributed by atoms with Crippen molar-refractivity contribution in [3.8, 4) is 0 Å². The molecule has 0 aromatic heterocycles. The van der Waals surface area contributed by atoms with Crippen LogP contribution in [0.15, 0.2) is 0 Å². The maximum Gasteiger partial charge on any atom is 0.302 e. The van der Waals surface area contributed by atoms with Gasteiger partial charge in [-0.25, -0.2) is 0 Å². The Kier molecular flexibility index (Phi) is 23.0. The number of hydrogen-bond acceptors (Lipinski definition) is 3. The number of hydrogen-bond donors (Lipinski definition) is 1. The van der Waals surface area contributed by atoms with E-state index in [0.717, 1.165) is 6.42 Å². The molecule has 0 aliphatic carbocycles. The summed E-state index contributed by atoms with van der Waals surface area (Å²) in [5.74, 6) is -0.152. The lowest BCUT2D eigenvalue weighted by atomic mass is 10.0. The van der Waals surface area contributed by atoms with Gasteiger partial charge in [-0.05, 0) is 6.42 Å². The molecule has 0 rings (SSSR count). The normalized spacial score (nSPS) is 10.3. The summed E-state index contributed by atoms with van der Waals surface area (Å²) in [6, 6.07) is 0. The largest absolute Gasteiger partial charge is 0.466 e. The molecule has 0 fully saturated rings. The van der Waals surface area contributed by atoms with Crippen LogP contribution in [0.1, 0.15) is 117 Å². The van der Waals surface area contributed by atoms with Gasteiger partial charge >= 0.3 is 5.97 Å². The van der Waals surface area contributed by atoms with Crippen molar-refractivity contribution < 1.29 is 9.53 Å². The summed E-state index contributed by atoms with van der Waals surface area (Å²) in [4.78, 5) is 10.6. The zero-order valence-electron chi connectivity index (χ0n) is 16.0. The Morgan fingerprint density at radius 2 is 0.913 bits per heavy atom. The maximum atomic E-state index is 10.6. The lowest BCUT2D eigenvalue weighted by molar-refractivity contribution is -0.141. The van der Waals surface area contributed by atoms with Gasteiger partial charge in [0.2, 0.25) is 0 Å². The molecule has 0 radical (unpaired) electrons. The number of unbranched alkanes of at least 4 members (excludes halogenated alkanes) is 15. The molecule has 0 heterocycles. The first-order chi connectivity index (χ1) is 10.8. The zero-order valence-corrected chi connectivity index (χ0v) is 16.0. The van der Waals surface area contributed by atoms with Crippen molar-refractivity contribution in [2.45, 2.75) is 117 Å². The van der Waals surface area contributed by atoms with Gasteiger partial charge in [0.25, 0.3) is 0 Å². The second kappa shape index (κ2) is 21.4. The summed E-state index contributed by atoms with van der Waals surface area (Å²) >= 11 is 0. The van der Waals surface area contributed by atoms with Gasteiger partial charge in [0.1, 0.15) is 0 Å². The number of ether oxygens (including phenoxy) is 1. The van der Waals surface area contributed by atoms with Crippen molar-refractivity contribution in [2.24, 2.45) is 0 Å². The molecular weight excluding hydrogens is 286 g/mol. The van der Waals surface area contributed by atoms with Gasteiger partial charge in [-0.3, -0.25) is 4.79 Å². The highest BCUT2D eigenvalue weighted by Crippen LogP contribution is 2.13. The van der Waals surface area contributed by atoms with E-state index < -0.39 is 0 Å². The molecule has 0 aromatic carbocycles. The third-order valence-corrected chi connectivity index (χ3v) is 4.30.